The Morgan fingerprint density at radius 2 is 1.17 bits per heavy atom. The average molecular weight is 641 g/mol. The minimum atomic E-state index is -0.812. The van der Waals surface area contributed by atoms with Crippen LogP contribution in [-0.2, 0) is 25.6 Å². The Balaban J connectivity index is 1.20. The van der Waals surface area contributed by atoms with Crippen LogP contribution < -0.4 is 18.9 Å². The molecule has 0 radical (unpaired) electrons. The molecule has 0 spiro atoms. The van der Waals surface area contributed by atoms with Crippen LogP contribution in [-0.4, -0.2) is 31.3 Å². The number of rotatable bonds is 12. The van der Waals surface area contributed by atoms with Crippen molar-refractivity contribution in [3.05, 3.63) is 133 Å². The monoisotopic (exact) mass is 640 g/mol. The summed E-state index contributed by atoms with van der Waals surface area (Å²) < 4.78 is 21.4. The van der Waals surface area contributed by atoms with Gasteiger partial charge in [0.2, 0.25) is 0 Å². The van der Waals surface area contributed by atoms with E-state index in [1.165, 1.54) is 7.11 Å². The van der Waals surface area contributed by atoms with Gasteiger partial charge >= 0.3 is 17.9 Å². The first-order valence-corrected chi connectivity index (χ1v) is 15.0. The Kier molecular flexibility index (Phi) is 10.3. The molecule has 0 aliphatic rings. The lowest BCUT2D eigenvalue weighted by Crippen LogP contribution is -2.11. The number of aryl methyl sites for hydroxylation is 1. The maximum Gasteiger partial charge on any atom is 0.346 e. The summed E-state index contributed by atoms with van der Waals surface area (Å²) in [5, 5.41) is 2.09. The maximum atomic E-state index is 12.5. The lowest BCUT2D eigenvalue weighted by molar-refractivity contribution is -0.134. The molecule has 5 rings (SSSR count). The SMILES string of the molecule is C=C(C)C(=O)Oc1cc(-c2ccc3cc(-c4ccc(OC(=O)CCc5ccc(OC(=O)C(=C)C=O)cc5)cc4)ccc3c2)ccc1OC. The normalized spacial score (nSPS) is 10.5. The van der Waals surface area contributed by atoms with Crippen LogP contribution in [0.5, 0.6) is 23.0 Å². The van der Waals surface area contributed by atoms with Gasteiger partial charge in [-0.25, -0.2) is 9.59 Å². The lowest BCUT2D eigenvalue weighted by atomic mass is 9.97. The van der Waals surface area contributed by atoms with Crippen LogP contribution >= 0.6 is 0 Å². The molecule has 0 saturated heterocycles. The highest BCUT2D eigenvalue weighted by molar-refractivity contribution is 6.07. The molecule has 48 heavy (non-hydrogen) atoms. The molecule has 0 bridgehead atoms. The van der Waals surface area contributed by atoms with Gasteiger partial charge in [0.25, 0.3) is 0 Å². The third-order valence-electron chi connectivity index (χ3n) is 7.46. The Morgan fingerprint density at radius 3 is 1.77 bits per heavy atom. The molecule has 5 aromatic carbocycles. The summed E-state index contributed by atoms with van der Waals surface area (Å²) in [5.74, 6) is -0.209. The van der Waals surface area contributed by atoms with Crippen molar-refractivity contribution in [2.24, 2.45) is 0 Å². The Bertz CT molecular complexity index is 2040. The number of hydrogen-bond acceptors (Lipinski definition) is 8. The second-order valence-electron chi connectivity index (χ2n) is 11.0. The highest BCUT2D eigenvalue weighted by Gasteiger charge is 2.14. The standard InChI is InChI=1S/C40H32O8/c1-25(2)39(43)48-37-23-33(14-19-36(37)45-4)32-11-10-30-21-29(8-9-31(30)22-32)28-12-17-34(18-13-28)46-38(42)20-7-27-5-15-35(16-6-27)47-40(44)26(3)24-41/h5-6,8-19,21-24H,1,3,7,20H2,2,4H3. The second-order valence-corrected chi connectivity index (χ2v) is 11.0. The fraction of sp³-hybridized carbons (Fsp3) is 0.100. The van der Waals surface area contributed by atoms with Crippen LogP contribution in [0.25, 0.3) is 33.0 Å². The van der Waals surface area contributed by atoms with Crippen molar-refractivity contribution < 1.29 is 38.1 Å². The molecule has 0 fully saturated rings. The van der Waals surface area contributed by atoms with E-state index in [-0.39, 0.29) is 23.7 Å². The molecule has 0 heterocycles. The summed E-state index contributed by atoms with van der Waals surface area (Å²) in [6, 6.07) is 31.7. The Labute approximate surface area is 277 Å². The molecule has 0 atom stereocenters. The van der Waals surface area contributed by atoms with Crippen molar-refractivity contribution >= 4 is 35.0 Å². The summed E-state index contributed by atoms with van der Waals surface area (Å²) in [7, 11) is 1.52. The lowest BCUT2D eigenvalue weighted by Gasteiger charge is -2.12. The van der Waals surface area contributed by atoms with E-state index in [1.54, 1.807) is 55.5 Å². The van der Waals surface area contributed by atoms with Crippen molar-refractivity contribution in [2.45, 2.75) is 19.8 Å². The van der Waals surface area contributed by atoms with Crippen molar-refractivity contribution in [1.82, 2.24) is 0 Å². The molecule has 0 amide bonds. The molecule has 8 nitrogen and oxygen atoms in total. The van der Waals surface area contributed by atoms with Gasteiger partial charge in [0, 0.05) is 12.0 Å². The van der Waals surface area contributed by atoms with E-state index in [0.717, 1.165) is 38.6 Å². The van der Waals surface area contributed by atoms with E-state index in [1.807, 2.05) is 42.5 Å². The third kappa shape index (κ3) is 8.10. The summed E-state index contributed by atoms with van der Waals surface area (Å²) in [6.07, 6.45) is 0.935. The predicted octanol–water partition coefficient (Wildman–Crippen LogP) is 7.86. The number of fused-ring (bicyclic) bond motifs is 1. The van der Waals surface area contributed by atoms with Gasteiger partial charge in [0.1, 0.15) is 11.5 Å². The zero-order chi connectivity index (χ0) is 34.2. The molecule has 0 saturated carbocycles. The second kappa shape index (κ2) is 14.9. The largest absolute Gasteiger partial charge is 0.493 e. The first-order valence-electron chi connectivity index (χ1n) is 15.0. The molecule has 0 aliphatic heterocycles. The maximum absolute atomic E-state index is 12.5. The summed E-state index contributed by atoms with van der Waals surface area (Å²) in [6.45, 7) is 8.55. The van der Waals surface area contributed by atoms with E-state index < -0.39 is 11.9 Å². The molecule has 0 unspecified atom stereocenters. The molecule has 0 aromatic heterocycles. The van der Waals surface area contributed by atoms with Crippen molar-refractivity contribution in [3.8, 4) is 45.3 Å². The fourth-order valence-electron chi connectivity index (χ4n) is 4.82. The number of esters is 3. The van der Waals surface area contributed by atoms with Crippen LogP contribution in [0, 0.1) is 0 Å². The van der Waals surface area contributed by atoms with Gasteiger partial charge in [-0.3, -0.25) is 9.59 Å². The van der Waals surface area contributed by atoms with Gasteiger partial charge in [-0.2, -0.15) is 0 Å². The molecule has 0 N–H and O–H groups in total. The minimum absolute atomic E-state index is 0.160. The quantitative estimate of drug-likeness (QED) is 0.0339. The summed E-state index contributed by atoms with van der Waals surface area (Å²) in [5.41, 5.74) is 4.69. The van der Waals surface area contributed by atoms with E-state index >= 15 is 0 Å². The number of benzene rings is 5. The van der Waals surface area contributed by atoms with Gasteiger partial charge in [-0.15, -0.1) is 0 Å². The van der Waals surface area contributed by atoms with Gasteiger partial charge in [0.05, 0.1) is 12.7 Å². The predicted molar refractivity (Wildman–Crippen MR) is 183 cm³/mol. The zero-order valence-corrected chi connectivity index (χ0v) is 26.5. The number of ether oxygens (including phenoxy) is 4. The van der Waals surface area contributed by atoms with Crippen molar-refractivity contribution in [2.75, 3.05) is 7.11 Å². The van der Waals surface area contributed by atoms with Gasteiger partial charge in [-0.05, 0) is 100 Å². The smallest absolute Gasteiger partial charge is 0.346 e. The van der Waals surface area contributed by atoms with Gasteiger partial charge in [-0.1, -0.05) is 67.8 Å². The van der Waals surface area contributed by atoms with Crippen LogP contribution in [0.4, 0.5) is 0 Å². The summed E-state index contributed by atoms with van der Waals surface area (Å²) in [4.78, 5) is 46.9. The number of carbonyl (C=O) groups is 4. The topological polar surface area (TPSA) is 105 Å². The zero-order valence-electron chi connectivity index (χ0n) is 26.5. The Hall–Kier alpha value is -6.28. The number of hydrogen-bond donors (Lipinski definition) is 0. The van der Waals surface area contributed by atoms with Crippen molar-refractivity contribution in [3.63, 3.8) is 0 Å². The first kappa shape index (κ1) is 33.1. The molecule has 240 valence electrons. The molecular formula is C40H32O8. The molecule has 0 aliphatic carbocycles. The van der Waals surface area contributed by atoms with Gasteiger partial charge in [0.15, 0.2) is 17.8 Å². The van der Waals surface area contributed by atoms with Crippen LogP contribution in [0.1, 0.15) is 18.9 Å². The van der Waals surface area contributed by atoms with Crippen molar-refractivity contribution in [1.29, 1.82) is 0 Å². The molecular weight excluding hydrogens is 608 g/mol. The first-order chi connectivity index (χ1) is 23.1. The summed E-state index contributed by atoms with van der Waals surface area (Å²) >= 11 is 0. The van der Waals surface area contributed by atoms with E-state index in [9.17, 15) is 19.2 Å². The van der Waals surface area contributed by atoms with E-state index in [0.29, 0.717) is 35.5 Å². The number of methoxy groups -OCH3 is 1. The third-order valence-corrected chi connectivity index (χ3v) is 7.46. The Morgan fingerprint density at radius 1 is 0.625 bits per heavy atom. The van der Waals surface area contributed by atoms with E-state index in [4.69, 9.17) is 18.9 Å². The van der Waals surface area contributed by atoms with Crippen LogP contribution in [0.3, 0.4) is 0 Å². The molecule has 8 heteroatoms. The fourth-order valence-corrected chi connectivity index (χ4v) is 4.82. The van der Waals surface area contributed by atoms with Gasteiger partial charge < -0.3 is 18.9 Å². The van der Waals surface area contributed by atoms with E-state index in [2.05, 4.69) is 25.3 Å². The van der Waals surface area contributed by atoms with Crippen LogP contribution in [0.2, 0.25) is 0 Å². The highest BCUT2D eigenvalue weighted by atomic mass is 16.6. The minimum Gasteiger partial charge on any atom is -0.493 e. The average Bonchev–Trinajstić information content (AvgIpc) is 3.10. The molecule has 5 aromatic rings. The van der Waals surface area contributed by atoms with Crippen LogP contribution in [0.15, 0.2) is 127 Å². The number of carbonyl (C=O) groups excluding carboxylic acids is 4. The number of aldehydes is 1. The highest BCUT2D eigenvalue weighted by Crippen LogP contribution is 2.35.